The van der Waals surface area contributed by atoms with Gasteiger partial charge in [0.1, 0.15) is 16.5 Å². The summed E-state index contributed by atoms with van der Waals surface area (Å²) in [5.74, 6) is 1.55. The molecule has 1 aliphatic carbocycles. The lowest BCUT2D eigenvalue weighted by Crippen LogP contribution is -2.50. The Morgan fingerprint density at radius 2 is 1.86 bits per heavy atom. The van der Waals surface area contributed by atoms with Gasteiger partial charge < -0.3 is 15.7 Å². The monoisotopic (exact) mass is 506 g/mol. The average molecular weight is 507 g/mol. The molecular weight excluding hydrogens is 484 g/mol. The second-order valence-corrected chi connectivity index (χ2v) is 10.2. The first-order valence-electron chi connectivity index (χ1n) is 12.1. The third-order valence-electron chi connectivity index (χ3n) is 7.22. The number of carbonyl (C=O) groups is 1. The normalized spacial score (nSPS) is 14.8. The van der Waals surface area contributed by atoms with Crippen LogP contribution in [0, 0.1) is 0 Å². The van der Waals surface area contributed by atoms with E-state index in [2.05, 4.69) is 43.4 Å². The molecule has 0 atom stereocenters. The van der Waals surface area contributed by atoms with E-state index in [4.69, 9.17) is 4.98 Å². The van der Waals surface area contributed by atoms with Crippen LogP contribution in [0.4, 0.5) is 16.3 Å². The minimum atomic E-state index is -0.994. The summed E-state index contributed by atoms with van der Waals surface area (Å²) in [7, 11) is 0. The molecule has 0 saturated heterocycles. The van der Waals surface area contributed by atoms with Gasteiger partial charge in [0.2, 0.25) is 0 Å². The zero-order valence-electron chi connectivity index (χ0n) is 19.7. The lowest BCUT2D eigenvalue weighted by molar-refractivity contribution is 0.144. The molecule has 0 unspecified atom stereocenters. The third kappa shape index (κ3) is 3.42. The lowest BCUT2D eigenvalue weighted by Gasteiger charge is -2.42. The highest BCUT2D eigenvalue weighted by Crippen LogP contribution is 2.46. The molecule has 7 rings (SSSR count). The van der Waals surface area contributed by atoms with Gasteiger partial charge in [0.05, 0.1) is 22.6 Å². The van der Waals surface area contributed by atoms with E-state index in [0.717, 1.165) is 75.4 Å². The summed E-state index contributed by atoms with van der Waals surface area (Å²) in [6.45, 7) is 0. The maximum absolute atomic E-state index is 11.5. The van der Waals surface area contributed by atoms with E-state index >= 15 is 0 Å². The number of imidazole rings is 1. The number of amides is 1. The molecule has 2 aromatic carbocycles. The van der Waals surface area contributed by atoms with E-state index in [-0.39, 0.29) is 0 Å². The molecular formula is C28H22N6O2S. The first-order chi connectivity index (χ1) is 18.1. The van der Waals surface area contributed by atoms with E-state index in [9.17, 15) is 9.90 Å². The SMILES string of the molecule is O=C(O)NC1(c2ccc(-c3c(-c4nccs4)nc4n3-c3cccnc3Nc3ccccc3-4)cc2)CCC1. The molecule has 3 N–H and O–H groups in total. The summed E-state index contributed by atoms with van der Waals surface area (Å²) >= 11 is 1.55. The Hall–Kier alpha value is -4.50. The van der Waals surface area contributed by atoms with Gasteiger partial charge in [0.25, 0.3) is 0 Å². The minimum absolute atomic E-state index is 0.518. The van der Waals surface area contributed by atoms with Crippen molar-refractivity contribution >= 4 is 28.9 Å². The van der Waals surface area contributed by atoms with Crippen molar-refractivity contribution in [2.45, 2.75) is 24.8 Å². The molecule has 0 radical (unpaired) electrons. The number of benzene rings is 2. The van der Waals surface area contributed by atoms with Crippen molar-refractivity contribution in [3.63, 3.8) is 0 Å². The van der Waals surface area contributed by atoms with Gasteiger partial charge in [-0.2, -0.15) is 0 Å². The molecule has 0 spiro atoms. The molecule has 1 aliphatic heterocycles. The van der Waals surface area contributed by atoms with E-state index in [1.54, 1.807) is 23.7 Å². The highest BCUT2D eigenvalue weighted by atomic mass is 32.1. The number of para-hydroxylation sites is 1. The second-order valence-electron chi connectivity index (χ2n) is 9.29. The van der Waals surface area contributed by atoms with Gasteiger partial charge >= 0.3 is 6.09 Å². The summed E-state index contributed by atoms with van der Waals surface area (Å²) < 4.78 is 2.15. The molecule has 4 heterocycles. The maximum atomic E-state index is 11.5. The van der Waals surface area contributed by atoms with Gasteiger partial charge in [-0.15, -0.1) is 11.3 Å². The topological polar surface area (TPSA) is 105 Å². The van der Waals surface area contributed by atoms with Gasteiger partial charge in [-0.25, -0.2) is 19.7 Å². The Kier molecular flexibility index (Phi) is 4.87. The van der Waals surface area contributed by atoms with Crippen molar-refractivity contribution in [1.82, 2.24) is 24.8 Å². The number of rotatable bonds is 4. The molecule has 5 aromatic rings. The number of aromatic nitrogens is 4. The molecule has 3 aromatic heterocycles. The van der Waals surface area contributed by atoms with Crippen LogP contribution in [0.1, 0.15) is 24.8 Å². The van der Waals surface area contributed by atoms with Crippen molar-refractivity contribution in [3.05, 3.63) is 84.0 Å². The van der Waals surface area contributed by atoms with Crippen LogP contribution in [0.2, 0.25) is 0 Å². The standard InChI is InChI=1S/C28H22N6O2S/c35-27(36)33-28(12-4-13-28)18-10-8-17(9-11-18)23-22(26-30-15-16-37-26)32-25-19-5-1-2-6-20(19)31-24-21(34(23)25)7-3-14-29-24/h1-3,5-11,14-16,33H,4,12-13H2,(H,29,31)(H,35,36). The van der Waals surface area contributed by atoms with Gasteiger partial charge in [0, 0.05) is 28.9 Å². The van der Waals surface area contributed by atoms with Crippen molar-refractivity contribution in [2.75, 3.05) is 5.32 Å². The predicted octanol–water partition coefficient (Wildman–Crippen LogP) is 6.43. The van der Waals surface area contributed by atoms with Gasteiger partial charge in [0.15, 0.2) is 5.82 Å². The van der Waals surface area contributed by atoms with Crippen LogP contribution < -0.4 is 10.6 Å². The zero-order chi connectivity index (χ0) is 25.0. The number of nitrogens with zero attached hydrogens (tertiary/aromatic N) is 4. The molecule has 8 nitrogen and oxygen atoms in total. The van der Waals surface area contributed by atoms with E-state index in [0.29, 0.717) is 0 Å². The number of nitrogens with one attached hydrogen (secondary N) is 2. The Labute approximate surface area is 216 Å². The average Bonchev–Trinajstić information content (AvgIpc) is 3.53. The number of fused-ring (bicyclic) bond motifs is 5. The molecule has 1 amide bonds. The number of anilines is 2. The Bertz CT molecular complexity index is 1640. The van der Waals surface area contributed by atoms with Crippen molar-refractivity contribution in [2.24, 2.45) is 0 Å². The van der Waals surface area contributed by atoms with Crippen molar-refractivity contribution in [1.29, 1.82) is 0 Å². The fraction of sp³-hybridized carbons (Fsp3) is 0.143. The van der Waals surface area contributed by atoms with E-state index in [1.165, 1.54) is 0 Å². The molecule has 182 valence electrons. The summed E-state index contributed by atoms with van der Waals surface area (Å²) in [5.41, 5.74) is 5.94. The van der Waals surface area contributed by atoms with Crippen LogP contribution in [-0.4, -0.2) is 30.7 Å². The van der Waals surface area contributed by atoms with E-state index < -0.39 is 11.6 Å². The highest BCUT2D eigenvalue weighted by Gasteiger charge is 2.40. The maximum Gasteiger partial charge on any atom is 0.405 e. The largest absolute Gasteiger partial charge is 0.465 e. The van der Waals surface area contributed by atoms with Crippen LogP contribution in [0.25, 0.3) is 39.0 Å². The number of hydrogen-bond acceptors (Lipinski definition) is 6. The highest BCUT2D eigenvalue weighted by molar-refractivity contribution is 7.13. The quantitative estimate of drug-likeness (QED) is 0.255. The van der Waals surface area contributed by atoms with Crippen molar-refractivity contribution < 1.29 is 9.90 Å². The van der Waals surface area contributed by atoms with Crippen LogP contribution >= 0.6 is 11.3 Å². The number of hydrogen-bond donors (Lipinski definition) is 3. The van der Waals surface area contributed by atoms with Crippen molar-refractivity contribution in [3.8, 4) is 39.0 Å². The van der Waals surface area contributed by atoms with Crippen LogP contribution in [0.3, 0.4) is 0 Å². The fourth-order valence-corrected chi connectivity index (χ4v) is 5.97. The number of thiazole rings is 1. The predicted molar refractivity (Wildman–Crippen MR) is 143 cm³/mol. The molecule has 1 saturated carbocycles. The Balaban J connectivity index is 1.47. The number of carboxylic acid groups (broad SMARTS) is 1. The van der Waals surface area contributed by atoms with Gasteiger partial charge in [-0.05, 0) is 49.1 Å². The minimum Gasteiger partial charge on any atom is -0.465 e. The van der Waals surface area contributed by atoms with Gasteiger partial charge in [-0.1, -0.05) is 36.4 Å². The fourth-order valence-electron chi connectivity index (χ4n) is 5.35. The number of pyridine rings is 1. The molecule has 2 aliphatic rings. The summed E-state index contributed by atoms with van der Waals surface area (Å²) in [4.78, 5) is 25.9. The Morgan fingerprint density at radius 1 is 1.03 bits per heavy atom. The smallest absolute Gasteiger partial charge is 0.405 e. The first-order valence-corrected chi connectivity index (χ1v) is 13.0. The molecule has 9 heteroatoms. The summed E-state index contributed by atoms with van der Waals surface area (Å²) in [6.07, 6.45) is 5.17. The van der Waals surface area contributed by atoms with Crippen LogP contribution in [0.5, 0.6) is 0 Å². The zero-order valence-corrected chi connectivity index (χ0v) is 20.5. The molecule has 0 bridgehead atoms. The lowest BCUT2D eigenvalue weighted by atomic mass is 9.72. The van der Waals surface area contributed by atoms with E-state index in [1.807, 2.05) is 47.8 Å². The third-order valence-corrected chi connectivity index (χ3v) is 8.00. The Morgan fingerprint density at radius 3 is 2.59 bits per heavy atom. The van der Waals surface area contributed by atoms with Crippen LogP contribution in [-0.2, 0) is 5.54 Å². The first kappa shape index (κ1) is 21.8. The summed E-state index contributed by atoms with van der Waals surface area (Å²) in [5, 5.41) is 18.4. The second kappa shape index (κ2) is 8.28. The summed E-state index contributed by atoms with van der Waals surface area (Å²) in [6, 6.07) is 20.2. The van der Waals surface area contributed by atoms with Crippen LogP contribution in [0.15, 0.2) is 78.4 Å². The van der Waals surface area contributed by atoms with Gasteiger partial charge in [-0.3, -0.25) is 4.57 Å². The molecule has 37 heavy (non-hydrogen) atoms. The molecule has 1 fully saturated rings.